The lowest BCUT2D eigenvalue weighted by molar-refractivity contribution is -0.119. The molecule has 4 nitrogen and oxygen atoms in total. The number of benzene rings is 1. The van der Waals surface area contributed by atoms with E-state index in [0.717, 1.165) is 19.5 Å². The third kappa shape index (κ3) is 4.81. The predicted octanol–water partition coefficient (Wildman–Crippen LogP) is 1.73. The van der Waals surface area contributed by atoms with Crippen LogP contribution in [0.5, 0.6) is 0 Å². The van der Waals surface area contributed by atoms with E-state index in [0.29, 0.717) is 22.1 Å². The summed E-state index contributed by atoms with van der Waals surface area (Å²) in [5, 5.41) is 6.75. The van der Waals surface area contributed by atoms with Crippen molar-refractivity contribution in [3.63, 3.8) is 0 Å². The summed E-state index contributed by atoms with van der Waals surface area (Å²) in [6.45, 7) is 1.78. The Morgan fingerprint density at radius 3 is 2.70 bits per heavy atom. The fraction of sp³-hybridized carbons (Fsp3) is 0.429. The lowest BCUT2D eigenvalue weighted by atomic mass is 10.1. The van der Waals surface area contributed by atoms with Gasteiger partial charge in [-0.3, -0.25) is 9.59 Å². The second-order valence-corrected chi connectivity index (χ2v) is 6.10. The highest BCUT2D eigenvalue weighted by molar-refractivity contribution is 8.00. The highest BCUT2D eigenvalue weighted by atomic mass is 35.5. The van der Waals surface area contributed by atoms with E-state index in [2.05, 4.69) is 10.6 Å². The van der Waals surface area contributed by atoms with Crippen molar-refractivity contribution in [2.45, 2.75) is 12.5 Å². The molecule has 1 amide bonds. The van der Waals surface area contributed by atoms with Crippen molar-refractivity contribution in [2.75, 3.05) is 24.6 Å². The van der Waals surface area contributed by atoms with Crippen molar-refractivity contribution in [1.82, 2.24) is 10.6 Å². The van der Waals surface area contributed by atoms with Gasteiger partial charge in [-0.15, -0.1) is 11.8 Å². The van der Waals surface area contributed by atoms with E-state index >= 15 is 0 Å². The molecule has 2 N–H and O–H groups in total. The Bertz CT molecular complexity index is 473. The molecule has 1 saturated heterocycles. The quantitative estimate of drug-likeness (QED) is 0.786. The number of nitrogens with one attached hydrogen (secondary N) is 2. The maximum Gasteiger partial charge on any atom is 0.230 e. The normalized spacial score (nSPS) is 17.9. The average Bonchev–Trinajstić information content (AvgIpc) is 2.92. The predicted molar refractivity (Wildman–Crippen MR) is 82.5 cm³/mol. The maximum absolute atomic E-state index is 11.9. The van der Waals surface area contributed by atoms with Crippen LogP contribution < -0.4 is 10.6 Å². The molecule has 0 aliphatic carbocycles. The molecule has 2 rings (SSSR count). The minimum absolute atomic E-state index is 0.00685. The van der Waals surface area contributed by atoms with Gasteiger partial charge < -0.3 is 10.6 Å². The topological polar surface area (TPSA) is 58.2 Å². The van der Waals surface area contributed by atoms with Crippen LogP contribution in [0.15, 0.2) is 24.3 Å². The van der Waals surface area contributed by atoms with E-state index in [9.17, 15) is 9.59 Å². The monoisotopic (exact) mass is 312 g/mol. The SMILES string of the molecule is O=C(CSCC(=O)c1ccc(Cl)cc1)NC1CCNC1. The lowest BCUT2D eigenvalue weighted by Gasteiger charge is -2.10. The summed E-state index contributed by atoms with van der Waals surface area (Å²) in [6.07, 6.45) is 0.972. The number of hydrogen-bond acceptors (Lipinski definition) is 4. The van der Waals surface area contributed by atoms with Crippen LogP contribution in [0.4, 0.5) is 0 Å². The molecule has 1 aliphatic rings. The zero-order chi connectivity index (χ0) is 14.4. The highest BCUT2D eigenvalue weighted by Crippen LogP contribution is 2.12. The van der Waals surface area contributed by atoms with Gasteiger partial charge >= 0.3 is 0 Å². The number of rotatable bonds is 6. The third-order valence-corrected chi connectivity index (χ3v) is 4.24. The van der Waals surface area contributed by atoms with E-state index in [1.54, 1.807) is 24.3 Å². The second-order valence-electron chi connectivity index (χ2n) is 4.68. The van der Waals surface area contributed by atoms with E-state index < -0.39 is 0 Å². The molecular weight excluding hydrogens is 296 g/mol. The van der Waals surface area contributed by atoms with Crippen molar-refractivity contribution in [3.8, 4) is 0 Å². The molecule has 0 aromatic heterocycles. The number of carbonyl (C=O) groups is 2. The number of thioether (sulfide) groups is 1. The van der Waals surface area contributed by atoms with Crippen LogP contribution in [-0.2, 0) is 4.79 Å². The molecule has 1 aliphatic heterocycles. The van der Waals surface area contributed by atoms with Crippen molar-refractivity contribution >= 4 is 35.1 Å². The number of amides is 1. The molecule has 0 bridgehead atoms. The van der Waals surface area contributed by atoms with Gasteiger partial charge in [0.1, 0.15) is 0 Å². The fourth-order valence-corrected chi connectivity index (χ4v) is 2.85. The van der Waals surface area contributed by atoms with Gasteiger partial charge in [-0.2, -0.15) is 0 Å². The Labute approximate surface area is 127 Å². The third-order valence-electron chi connectivity index (χ3n) is 3.06. The maximum atomic E-state index is 11.9. The van der Waals surface area contributed by atoms with E-state index in [1.807, 2.05) is 0 Å². The van der Waals surface area contributed by atoms with Gasteiger partial charge in [0.2, 0.25) is 5.91 Å². The van der Waals surface area contributed by atoms with Crippen LogP contribution in [0.2, 0.25) is 5.02 Å². The molecule has 1 unspecified atom stereocenters. The van der Waals surface area contributed by atoms with Crippen LogP contribution in [0.25, 0.3) is 0 Å². The molecule has 6 heteroatoms. The first-order valence-corrected chi connectivity index (χ1v) is 8.05. The van der Waals surface area contributed by atoms with E-state index in [-0.39, 0.29) is 17.7 Å². The summed E-state index contributed by atoms with van der Waals surface area (Å²) in [4.78, 5) is 23.5. The first-order chi connectivity index (χ1) is 9.65. The van der Waals surface area contributed by atoms with Crippen molar-refractivity contribution in [3.05, 3.63) is 34.9 Å². The van der Waals surface area contributed by atoms with Crippen LogP contribution >= 0.6 is 23.4 Å². The van der Waals surface area contributed by atoms with Crippen LogP contribution in [-0.4, -0.2) is 42.3 Å². The Morgan fingerprint density at radius 2 is 2.05 bits per heavy atom. The minimum atomic E-state index is -0.00685. The van der Waals surface area contributed by atoms with Crippen molar-refractivity contribution < 1.29 is 9.59 Å². The van der Waals surface area contributed by atoms with Crippen LogP contribution in [0, 0.1) is 0 Å². The van der Waals surface area contributed by atoms with Gasteiger partial charge in [0.15, 0.2) is 5.78 Å². The molecule has 0 radical (unpaired) electrons. The largest absolute Gasteiger partial charge is 0.351 e. The summed E-state index contributed by atoms with van der Waals surface area (Å²) in [7, 11) is 0. The molecular formula is C14H17ClN2O2S. The van der Waals surface area contributed by atoms with Crippen molar-refractivity contribution in [1.29, 1.82) is 0 Å². The molecule has 0 spiro atoms. The molecule has 1 aromatic carbocycles. The van der Waals surface area contributed by atoms with E-state index in [1.165, 1.54) is 11.8 Å². The molecule has 108 valence electrons. The fourth-order valence-electron chi connectivity index (χ4n) is 2.00. The standard InChI is InChI=1S/C14H17ClN2O2S/c15-11-3-1-10(2-4-11)13(18)8-20-9-14(19)17-12-5-6-16-7-12/h1-4,12,16H,5-9H2,(H,17,19). The van der Waals surface area contributed by atoms with Gasteiger partial charge in [0.25, 0.3) is 0 Å². The molecule has 1 fully saturated rings. The zero-order valence-electron chi connectivity index (χ0n) is 11.0. The summed E-state index contributed by atoms with van der Waals surface area (Å²) >= 11 is 7.11. The molecule has 20 heavy (non-hydrogen) atoms. The number of halogens is 1. The van der Waals surface area contributed by atoms with Gasteiger partial charge in [0, 0.05) is 23.2 Å². The lowest BCUT2D eigenvalue weighted by Crippen LogP contribution is -2.37. The number of hydrogen-bond donors (Lipinski definition) is 2. The smallest absolute Gasteiger partial charge is 0.230 e. The first kappa shape index (κ1) is 15.4. The van der Waals surface area contributed by atoms with Crippen LogP contribution in [0.3, 0.4) is 0 Å². The molecule has 1 atom stereocenters. The minimum Gasteiger partial charge on any atom is -0.351 e. The Hall–Kier alpha value is -1.04. The molecule has 0 saturated carbocycles. The van der Waals surface area contributed by atoms with Crippen LogP contribution in [0.1, 0.15) is 16.8 Å². The summed E-state index contributed by atoms with van der Waals surface area (Å²) in [5.41, 5.74) is 0.627. The van der Waals surface area contributed by atoms with Crippen molar-refractivity contribution in [2.24, 2.45) is 0 Å². The molecule has 1 aromatic rings. The van der Waals surface area contributed by atoms with Gasteiger partial charge in [0.05, 0.1) is 11.5 Å². The van der Waals surface area contributed by atoms with E-state index in [4.69, 9.17) is 11.6 Å². The summed E-state index contributed by atoms with van der Waals surface area (Å²) in [5.74, 6) is 0.628. The second kappa shape index (κ2) is 7.67. The number of ketones is 1. The Balaban J connectivity index is 1.68. The average molecular weight is 313 g/mol. The van der Waals surface area contributed by atoms with Gasteiger partial charge in [-0.1, -0.05) is 11.6 Å². The Kier molecular flexibility index (Phi) is 5.88. The zero-order valence-corrected chi connectivity index (χ0v) is 12.6. The van der Waals surface area contributed by atoms with Gasteiger partial charge in [-0.25, -0.2) is 0 Å². The van der Waals surface area contributed by atoms with Gasteiger partial charge in [-0.05, 0) is 37.2 Å². The Morgan fingerprint density at radius 1 is 1.30 bits per heavy atom. The number of carbonyl (C=O) groups excluding carboxylic acids is 2. The summed E-state index contributed by atoms with van der Waals surface area (Å²) in [6, 6.07) is 7.03. The number of Topliss-reactive ketones (excluding diaryl/α,β-unsaturated/α-hetero) is 1. The molecule has 1 heterocycles. The highest BCUT2D eigenvalue weighted by Gasteiger charge is 2.16. The first-order valence-electron chi connectivity index (χ1n) is 6.52. The summed E-state index contributed by atoms with van der Waals surface area (Å²) < 4.78 is 0.